The lowest BCUT2D eigenvalue weighted by atomic mass is 9.93. The number of hydrogen-bond acceptors (Lipinski definition) is 1. The molecule has 1 aromatic rings. The van der Waals surface area contributed by atoms with Crippen LogP contribution in [0.5, 0.6) is 0 Å². The first-order valence-electron chi connectivity index (χ1n) is 6.46. The first kappa shape index (κ1) is 13.1. The second-order valence-corrected chi connectivity index (χ2v) is 7.05. The molecule has 1 aliphatic rings. The summed E-state index contributed by atoms with van der Waals surface area (Å²) in [6, 6.07) is 8.78. The summed E-state index contributed by atoms with van der Waals surface area (Å²) in [6.07, 6.45) is 2.78. The Labute approximate surface area is 113 Å². The Hall–Kier alpha value is -0.340. The van der Waals surface area contributed by atoms with E-state index in [-0.39, 0.29) is 5.54 Å². The fraction of sp³-hybridized carbons (Fsp3) is 0.600. The zero-order valence-electron chi connectivity index (χ0n) is 11.0. The van der Waals surface area contributed by atoms with E-state index in [4.69, 9.17) is 0 Å². The largest absolute Gasteiger partial charge is 0.311 e. The fourth-order valence-electron chi connectivity index (χ4n) is 2.21. The van der Waals surface area contributed by atoms with Gasteiger partial charge in [-0.05, 0) is 63.1 Å². The molecule has 1 fully saturated rings. The molecule has 1 saturated carbocycles. The Balaban J connectivity index is 2.07. The smallest absolute Gasteiger partial charge is 0.0178 e. The normalized spacial score (nSPS) is 18.1. The fourth-order valence-corrected chi connectivity index (χ4v) is 2.63. The summed E-state index contributed by atoms with van der Waals surface area (Å²) >= 11 is 3.57. The molecule has 0 aromatic heterocycles. The van der Waals surface area contributed by atoms with Gasteiger partial charge in [0.2, 0.25) is 0 Å². The van der Waals surface area contributed by atoms with E-state index < -0.39 is 0 Å². The van der Waals surface area contributed by atoms with Gasteiger partial charge in [-0.2, -0.15) is 0 Å². The number of hydrogen-bond donors (Lipinski definition) is 1. The van der Waals surface area contributed by atoms with Crippen molar-refractivity contribution in [2.45, 2.75) is 45.1 Å². The monoisotopic (exact) mass is 295 g/mol. The van der Waals surface area contributed by atoms with Crippen molar-refractivity contribution in [1.82, 2.24) is 5.32 Å². The van der Waals surface area contributed by atoms with E-state index in [9.17, 15) is 0 Å². The topological polar surface area (TPSA) is 12.0 Å². The van der Waals surface area contributed by atoms with Crippen molar-refractivity contribution in [2.75, 3.05) is 6.54 Å². The Morgan fingerprint density at radius 3 is 2.59 bits per heavy atom. The van der Waals surface area contributed by atoms with Gasteiger partial charge in [0.15, 0.2) is 0 Å². The quantitative estimate of drug-likeness (QED) is 0.872. The molecule has 0 spiro atoms. The van der Waals surface area contributed by atoms with Gasteiger partial charge in [0.05, 0.1) is 0 Å². The first-order valence-corrected chi connectivity index (χ1v) is 7.25. The van der Waals surface area contributed by atoms with Gasteiger partial charge < -0.3 is 5.32 Å². The number of halogens is 1. The Morgan fingerprint density at radius 2 is 2.06 bits per heavy atom. The summed E-state index contributed by atoms with van der Waals surface area (Å²) in [5.74, 6) is 1.56. The maximum atomic E-state index is 3.65. The van der Waals surface area contributed by atoms with Gasteiger partial charge >= 0.3 is 0 Å². The highest BCUT2D eigenvalue weighted by Crippen LogP contribution is 2.42. The molecule has 0 amide bonds. The second-order valence-electron chi connectivity index (χ2n) is 6.13. The van der Waals surface area contributed by atoms with Crippen LogP contribution in [-0.4, -0.2) is 12.1 Å². The molecule has 2 rings (SSSR count). The van der Waals surface area contributed by atoms with E-state index in [1.807, 2.05) is 0 Å². The van der Waals surface area contributed by atoms with E-state index in [1.54, 1.807) is 0 Å². The zero-order valence-corrected chi connectivity index (χ0v) is 12.5. The maximum absolute atomic E-state index is 3.65. The predicted octanol–water partition coefficient (Wildman–Crippen LogP) is 4.33. The van der Waals surface area contributed by atoms with Gasteiger partial charge in [0.1, 0.15) is 0 Å². The highest BCUT2D eigenvalue weighted by molar-refractivity contribution is 9.10. The van der Waals surface area contributed by atoms with Crippen LogP contribution in [0.15, 0.2) is 28.7 Å². The summed E-state index contributed by atoms with van der Waals surface area (Å²) in [5.41, 5.74) is 1.68. The Kier molecular flexibility index (Phi) is 3.94. The summed E-state index contributed by atoms with van der Waals surface area (Å²) in [6.45, 7) is 7.79. The number of nitrogens with one attached hydrogen (secondary N) is 1. The molecule has 1 aromatic carbocycles. The molecule has 1 nitrogen and oxygen atoms in total. The SMILES string of the molecule is CC(C)(C)NCC(c1cccc(Br)c1)C1CC1. The van der Waals surface area contributed by atoms with Crippen LogP contribution in [0.1, 0.15) is 45.1 Å². The molecular formula is C15H22BrN. The van der Waals surface area contributed by atoms with Gasteiger partial charge in [-0.25, -0.2) is 0 Å². The summed E-state index contributed by atoms with van der Waals surface area (Å²) < 4.78 is 1.19. The van der Waals surface area contributed by atoms with E-state index in [1.165, 1.54) is 22.9 Å². The van der Waals surface area contributed by atoms with Gasteiger partial charge in [-0.1, -0.05) is 28.1 Å². The molecule has 0 saturated heterocycles. The molecule has 1 aliphatic carbocycles. The summed E-state index contributed by atoms with van der Waals surface area (Å²) in [7, 11) is 0. The van der Waals surface area contributed by atoms with Gasteiger partial charge in [0, 0.05) is 16.6 Å². The third-order valence-electron chi connectivity index (χ3n) is 3.32. The average molecular weight is 296 g/mol. The molecule has 1 atom stereocenters. The molecule has 2 heteroatoms. The van der Waals surface area contributed by atoms with Crippen LogP contribution in [0.2, 0.25) is 0 Å². The zero-order chi connectivity index (χ0) is 12.5. The van der Waals surface area contributed by atoms with Crippen molar-refractivity contribution < 1.29 is 0 Å². The van der Waals surface area contributed by atoms with E-state index >= 15 is 0 Å². The van der Waals surface area contributed by atoms with Crippen molar-refractivity contribution in [2.24, 2.45) is 5.92 Å². The third-order valence-corrected chi connectivity index (χ3v) is 3.81. The van der Waals surface area contributed by atoms with Gasteiger partial charge in [0.25, 0.3) is 0 Å². The second kappa shape index (κ2) is 5.11. The van der Waals surface area contributed by atoms with Crippen LogP contribution in [0.25, 0.3) is 0 Å². The van der Waals surface area contributed by atoms with Crippen molar-refractivity contribution in [3.8, 4) is 0 Å². The summed E-state index contributed by atoms with van der Waals surface area (Å²) in [5, 5.41) is 3.65. The first-order chi connectivity index (χ1) is 7.96. The standard InChI is InChI=1S/C15H22BrN/c1-15(2,3)17-10-14(11-7-8-11)12-5-4-6-13(16)9-12/h4-6,9,11,14,17H,7-8,10H2,1-3H3. The molecule has 0 heterocycles. The van der Waals surface area contributed by atoms with Crippen molar-refractivity contribution in [3.63, 3.8) is 0 Å². The van der Waals surface area contributed by atoms with Gasteiger partial charge in [-0.3, -0.25) is 0 Å². The molecule has 0 aliphatic heterocycles. The van der Waals surface area contributed by atoms with E-state index in [0.29, 0.717) is 5.92 Å². The Bertz CT molecular complexity index is 377. The van der Waals surface area contributed by atoms with Crippen LogP contribution < -0.4 is 5.32 Å². The average Bonchev–Trinajstić information content (AvgIpc) is 3.00. The minimum absolute atomic E-state index is 0.207. The minimum Gasteiger partial charge on any atom is -0.311 e. The molecule has 94 valence electrons. The lowest BCUT2D eigenvalue weighted by molar-refractivity contribution is 0.393. The van der Waals surface area contributed by atoms with Crippen LogP contribution in [0.3, 0.4) is 0 Å². The molecule has 1 unspecified atom stereocenters. The van der Waals surface area contributed by atoms with E-state index in [2.05, 4.69) is 66.3 Å². The maximum Gasteiger partial charge on any atom is 0.0178 e. The molecule has 17 heavy (non-hydrogen) atoms. The van der Waals surface area contributed by atoms with E-state index in [0.717, 1.165) is 12.5 Å². The number of benzene rings is 1. The van der Waals surface area contributed by atoms with Gasteiger partial charge in [-0.15, -0.1) is 0 Å². The molecule has 0 radical (unpaired) electrons. The van der Waals surface area contributed by atoms with Crippen LogP contribution in [0, 0.1) is 5.92 Å². The van der Waals surface area contributed by atoms with Crippen molar-refractivity contribution in [1.29, 1.82) is 0 Å². The Morgan fingerprint density at radius 1 is 1.35 bits per heavy atom. The lowest BCUT2D eigenvalue weighted by Gasteiger charge is -2.25. The number of rotatable bonds is 4. The predicted molar refractivity (Wildman–Crippen MR) is 77.4 cm³/mol. The highest BCUT2D eigenvalue weighted by Gasteiger charge is 2.32. The highest BCUT2D eigenvalue weighted by atomic mass is 79.9. The summed E-state index contributed by atoms with van der Waals surface area (Å²) in [4.78, 5) is 0. The third kappa shape index (κ3) is 4.11. The molecule has 1 N–H and O–H groups in total. The molecular weight excluding hydrogens is 274 g/mol. The minimum atomic E-state index is 0.207. The van der Waals surface area contributed by atoms with Crippen LogP contribution in [-0.2, 0) is 0 Å². The lowest BCUT2D eigenvalue weighted by Crippen LogP contribution is -2.39. The molecule has 0 bridgehead atoms. The van der Waals surface area contributed by atoms with Crippen molar-refractivity contribution in [3.05, 3.63) is 34.3 Å². The van der Waals surface area contributed by atoms with Crippen LogP contribution >= 0.6 is 15.9 Å². The van der Waals surface area contributed by atoms with Crippen molar-refractivity contribution >= 4 is 15.9 Å². The van der Waals surface area contributed by atoms with Crippen LogP contribution in [0.4, 0.5) is 0 Å².